The van der Waals surface area contributed by atoms with Gasteiger partial charge in [0.15, 0.2) is 0 Å². The second-order valence-electron chi connectivity index (χ2n) is 5.66. The Morgan fingerprint density at radius 2 is 2.05 bits per heavy atom. The van der Waals surface area contributed by atoms with Gasteiger partial charge >= 0.3 is 5.97 Å². The maximum absolute atomic E-state index is 11.7. The number of hydrogen-bond donors (Lipinski definition) is 1. The van der Waals surface area contributed by atoms with Crippen LogP contribution in [-0.4, -0.2) is 36.8 Å². The van der Waals surface area contributed by atoms with Gasteiger partial charge in [0.05, 0.1) is 13.1 Å². The summed E-state index contributed by atoms with van der Waals surface area (Å²) in [7, 11) is 0. The highest BCUT2D eigenvalue weighted by Gasteiger charge is 2.33. The van der Waals surface area contributed by atoms with E-state index in [0.717, 1.165) is 18.1 Å². The Morgan fingerprint density at radius 3 is 2.73 bits per heavy atom. The highest BCUT2D eigenvalue weighted by Crippen LogP contribution is 2.22. The number of carbonyl (C=O) groups is 1. The summed E-state index contributed by atoms with van der Waals surface area (Å²) in [4.78, 5) is 13.6. The van der Waals surface area contributed by atoms with Crippen molar-refractivity contribution < 1.29 is 9.90 Å². The van der Waals surface area contributed by atoms with Crippen molar-refractivity contribution in [2.75, 3.05) is 0 Å². The van der Waals surface area contributed by atoms with E-state index in [1.807, 2.05) is 28.5 Å². The first-order valence-electron chi connectivity index (χ1n) is 7.52. The number of carboxylic acids is 1. The summed E-state index contributed by atoms with van der Waals surface area (Å²) in [5.74, 6) is 0.812. The van der Waals surface area contributed by atoms with Crippen molar-refractivity contribution in [1.82, 2.24) is 19.7 Å². The molecule has 1 unspecified atom stereocenters. The minimum absolute atomic E-state index is 0.401. The van der Waals surface area contributed by atoms with Gasteiger partial charge in [0.2, 0.25) is 0 Å². The quantitative estimate of drug-likeness (QED) is 0.929. The Bertz CT molecular complexity index is 695. The van der Waals surface area contributed by atoms with Gasteiger partial charge in [-0.1, -0.05) is 31.2 Å². The second kappa shape index (κ2) is 5.88. The zero-order valence-corrected chi connectivity index (χ0v) is 12.9. The van der Waals surface area contributed by atoms with Gasteiger partial charge in [-0.05, 0) is 24.5 Å². The molecule has 1 N–H and O–H groups in total. The van der Waals surface area contributed by atoms with Gasteiger partial charge in [-0.15, -0.1) is 10.2 Å². The van der Waals surface area contributed by atoms with Crippen LogP contribution in [0.15, 0.2) is 24.3 Å². The van der Waals surface area contributed by atoms with Crippen molar-refractivity contribution in [3.05, 3.63) is 47.0 Å². The van der Waals surface area contributed by atoms with Crippen LogP contribution in [0.3, 0.4) is 0 Å². The van der Waals surface area contributed by atoms with Gasteiger partial charge in [-0.25, -0.2) is 0 Å². The molecule has 116 valence electrons. The molecule has 0 saturated carbocycles. The predicted molar refractivity (Wildman–Crippen MR) is 81.2 cm³/mol. The summed E-state index contributed by atoms with van der Waals surface area (Å²) < 4.78 is 1.90. The normalized spacial score (nSPS) is 18.2. The van der Waals surface area contributed by atoms with E-state index in [4.69, 9.17) is 0 Å². The molecule has 0 fully saturated rings. The standard InChI is InChI=1S/C16H20N4O2/c1-3-12-6-4-5-7-13(12)8-19-10-15-18-17-11(2)20(15)9-14(19)16(21)22/h4-7,14H,3,8-10H2,1-2H3,(H,21,22). The third kappa shape index (κ3) is 2.62. The van der Waals surface area contributed by atoms with Crippen molar-refractivity contribution in [3.8, 4) is 0 Å². The number of rotatable bonds is 4. The van der Waals surface area contributed by atoms with Crippen LogP contribution in [0.2, 0.25) is 0 Å². The van der Waals surface area contributed by atoms with Crippen LogP contribution in [0.25, 0.3) is 0 Å². The van der Waals surface area contributed by atoms with E-state index < -0.39 is 12.0 Å². The summed E-state index contributed by atoms with van der Waals surface area (Å²) in [5.41, 5.74) is 2.44. The number of fused-ring (bicyclic) bond motifs is 1. The van der Waals surface area contributed by atoms with E-state index in [1.165, 1.54) is 11.1 Å². The van der Waals surface area contributed by atoms with E-state index in [9.17, 15) is 9.90 Å². The van der Waals surface area contributed by atoms with Crippen LogP contribution in [0.4, 0.5) is 0 Å². The number of aliphatic carboxylic acids is 1. The van der Waals surface area contributed by atoms with Crippen LogP contribution >= 0.6 is 0 Å². The smallest absolute Gasteiger partial charge is 0.322 e. The largest absolute Gasteiger partial charge is 0.480 e. The number of aryl methyl sites for hydroxylation is 2. The van der Waals surface area contributed by atoms with Gasteiger partial charge in [-0.3, -0.25) is 9.69 Å². The predicted octanol–water partition coefficient (Wildman–Crippen LogP) is 1.62. The molecule has 3 rings (SSSR count). The molecule has 0 radical (unpaired) electrons. The number of hydrogen-bond acceptors (Lipinski definition) is 4. The molecule has 2 heterocycles. The maximum atomic E-state index is 11.7. The number of carboxylic acid groups (broad SMARTS) is 1. The summed E-state index contributed by atoms with van der Waals surface area (Å²) in [6.07, 6.45) is 0.942. The molecule has 0 bridgehead atoms. The number of nitrogens with zero attached hydrogens (tertiary/aromatic N) is 4. The lowest BCUT2D eigenvalue weighted by Crippen LogP contribution is -2.47. The molecule has 6 nitrogen and oxygen atoms in total. The molecule has 0 saturated heterocycles. The molecular formula is C16H20N4O2. The fourth-order valence-electron chi connectivity index (χ4n) is 3.04. The van der Waals surface area contributed by atoms with Gasteiger partial charge < -0.3 is 9.67 Å². The van der Waals surface area contributed by atoms with Gasteiger partial charge in [0, 0.05) is 6.54 Å². The van der Waals surface area contributed by atoms with E-state index in [-0.39, 0.29) is 0 Å². The Balaban J connectivity index is 1.90. The van der Waals surface area contributed by atoms with E-state index in [1.54, 1.807) is 0 Å². The maximum Gasteiger partial charge on any atom is 0.322 e. The van der Waals surface area contributed by atoms with Gasteiger partial charge in [0.25, 0.3) is 0 Å². The Hall–Kier alpha value is -2.21. The summed E-state index contributed by atoms with van der Waals surface area (Å²) in [6.45, 7) is 5.50. The molecule has 2 aromatic rings. The molecule has 1 atom stereocenters. The minimum atomic E-state index is -0.798. The molecule has 1 aromatic carbocycles. The molecule has 22 heavy (non-hydrogen) atoms. The van der Waals surface area contributed by atoms with Gasteiger partial charge in [0.1, 0.15) is 17.7 Å². The van der Waals surface area contributed by atoms with E-state index in [0.29, 0.717) is 19.6 Å². The highest BCUT2D eigenvalue weighted by molar-refractivity contribution is 5.73. The second-order valence-corrected chi connectivity index (χ2v) is 5.66. The van der Waals surface area contributed by atoms with Crippen LogP contribution in [0, 0.1) is 6.92 Å². The molecule has 1 aliphatic heterocycles. The van der Waals surface area contributed by atoms with Crippen molar-refractivity contribution in [1.29, 1.82) is 0 Å². The van der Waals surface area contributed by atoms with Crippen molar-refractivity contribution in [2.24, 2.45) is 0 Å². The summed E-state index contributed by atoms with van der Waals surface area (Å²) >= 11 is 0. The first-order chi connectivity index (χ1) is 10.6. The SMILES string of the molecule is CCc1ccccc1CN1Cc2nnc(C)n2CC1C(=O)O. The van der Waals surface area contributed by atoms with Crippen molar-refractivity contribution in [2.45, 2.75) is 45.9 Å². The molecule has 0 amide bonds. The zero-order chi connectivity index (χ0) is 15.7. The van der Waals surface area contributed by atoms with Gasteiger partial charge in [-0.2, -0.15) is 0 Å². The summed E-state index contributed by atoms with van der Waals surface area (Å²) in [5, 5.41) is 17.8. The Labute approximate surface area is 129 Å². The summed E-state index contributed by atoms with van der Waals surface area (Å²) in [6, 6.07) is 7.64. The average molecular weight is 300 g/mol. The number of aromatic nitrogens is 3. The monoisotopic (exact) mass is 300 g/mol. The van der Waals surface area contributed by atoms with Crippen LogP contribution in [0.5, 0.6) is 0 Å². The van der Waals surface area contributed by atoms with Crippen molar-refractivity contribution in [3.63, 3.8) is 0 Å². The van der Waals surface area contributed by atoms with Crippen LogP contribution in [0.1, 0.15) is 29.7 Å². The minimum Gasteiger partial charge on any atom is -0.480 e. The molecule has 1 aliphatic rings. The molecular weight excluding hydrogens is 280 g/mol. The third-order valence-electron chi connectivity index (χ3n) is 4.31. The fraction of sp³-hybridized carbons (Fsp3) is 0.438. The van der Waals surface area contributed by atoms with Crippen molar-refractivity contribution >= 4 is 5.97 Å². The first-order valence-corrected chi connectivity index (χ1v) is 7.52. The lowest BCUT2D eigenvalue weighted by molar-refractivity contribution is -0.145. The highest BCUT2D eigenvalue weighted by atomic mass is 16.4. The lowest BCUT2D eigenvalue weighted by Gasteiger charge is -2.33. The fourth-order valence-corrected chi connectivity index (χ4v) is 3.04. The third-order valence-corrected chi connectivity index (χ3v) is 4.31. The van der Waals surface area contributed by atoms with E-state index in [2.05, 4.69) is 29.3 Å². The van der Waals surface area contributed by atoms with Crippen LogP contribution in [-0.2, 0) is 30.8 Å². The average Bonchev–Trinajstić information content (AvgIpc) is 2.87. The van der Waals surface area contributed by atoms with Crippen LogP contribution < -0.4 is 0 Å². The van der Waals surface area contributed by atoms with E-state index >= 15 is 0 Å². The molecule has 0 aliphatic carbocycles. The molecule has 6 heteroatoms. The number of benzene rings is 1. The zero-order valence-electron chi connectivity index (χ0n) is 12.9. The Morgan fingerprint density at radius 1 is 1.32 bits per heavy atom. The molecule has 0 spiro atoms. The topological polar surface area (TPSA) is 71.2 Å². The molecule has 1 aromatic heterocycles. The lowest BCUT2D eigenvalue weighted by atomic mass is 10.0. The first kappa shape index (κ1) is 14.7. The Kier molecular flexibility index (Phi) is 3.94.